The molecule has 0 radical (unpaired) electrons. The number of β-amino-alcohol motifs (C(OH)–C–C–N with tert-alkyl or cyclic N) is 1. The molecule has 2 rings (SSSR count). The van der Waals surface area contributed by atoms with Gasteiger partial charge in [0.15, 0.2) is 0 Å². The van der Waals surface area contributed by atoms with E-state index in [9.17, 15) is 13.5 Å². The van der Waals surface area contributed by atoms with E-state index in [1.807, 2.05) is 19.0 Å². The van der Waals surface area contributed by atoms with Gasteiger partial charge in [0.05, 0.1) is 6.10 Å². The Hall–Kier alpha value is -0.210. The van der Waals surface area contributed by atoms with Crippen molar-refractivity contribution in [3.63, 3.8) is 0 Å². The third-order valence-electron chi connectivity index (χ3n) is 4.28. The first-order valence-corrected chi connectivity index (χ1v) is 8.80. The lowest BCUT2D eigenvalue weighted by Gasteiger charge is -2.35. The standard InChI is InChI=1S/C13H27N3O3S/c1-11-4-6-15(7-5-11)20(18,19)16-10-13(17)8-12(16)9-14(2)3/h11-13,17H,4-10H2,1-3H3. The average molecular weight is 305 g/mol. The van der Waals surface area contributed by atoms with Gasteiger partial charge in [0.2, 0.25) is 0 Å². The van der Waals surface area contributed by atoms with Crippen LogP contribution in [-0.4, -0.2) is 79.5 Å². The summed E-state index contributed by atoms with van der Waals surface area (Å²) in [6.45, 7) is 4.25. The fourth-order valence-corrected chi connectivity index (χ4v) is 4.96. The highest BCUT2D eigenvalue weighted by Crippen LogP contribution is 2.27. The Morgan fingerprint density at radius 3 is 2.40 bits per heavy atom. The molecule has 0 aliphatic carbocycles. The van der Waals surface area contributed by atoms with Crippen molar-refractivity contribution in [2.75, 3.05) is 40.3 Å². The molecule has 0 amide bonds. The summed E-state index contributed by atoms with van der Waals surface area (Å²) in [5.74, 6) is 0.600. The SMILES string of the molecule is CC1CCN(S(=O)(=O)N2CC(O)CC2CN(C)C)CC1. The van der Waals surface area contributed by atoms with E-state index in [0.29, 0.717) is 32.0 Å². The van der Waals surface area contributed by atoms with Crippen LogP contribution < -0.4 is 0 Å². The fourth-order valence-electron chi connectivity index (χ4n) is 3.10. The number of piperidine rings is 1. The largest absolute Gasteiger partial charge is 0.392 e. The molecule has 2 aliphatic heterocycles. The molecule has 20 heavy (non-hydrogen) atoms. The molecule has 1 N–H and O–H groups in total. The van der Waals surface area contributed by atoms with Gasteiger partial charge in [-0.15, -0.1) is 0 Å². The summed E-state index contributed by atoms with van der Waals surface area (Å²) >= 11 is 0. The van der Waals surface area contributed by atoms with E-state index in [4.69, 9.17) is 0 Å². The van der Waals surface area contributed by atoms with Crippen LogP contribution in [0.25, 0.3) is 0 Å². The van der Waals surface area contributed by atoms with Gasteiger partial charge in [0.25, 0.3) is 10.2 Å². The van der Waals surface area contributed by atoms with Gasteiger partial charge < -0.3 is 10.0 Å². The van der Waals surface area contributed by atoms with Crippen molar-refractivity contribution >= 4 is 10.2 Å². The molecule has 0 aromatic heterocycles. The number of aliphatic hydroxyl groups excluding tert-OH is 1. The zero-order valence-corrected chi connectivity index (χ0v) is 13.5. The second-order valence-electron chi connectivity index (χ2n) is 6.46. The third kappa shape index (κ3) is 3.51. The number of rotatable bonds is 4. The first-order chi connectivity index (χ1) is 9.30. The van der Waals surface area contributed by atoms with Crippen LogP contribution in [0, 0.1) is 5.92 Å². The van der Waals surface area contributed by atoms with Crippen molar-refractivity contribution in [2.45, 2.75) is 38.3 Å². The van der Waals surface area contributed by atoms with E-state index in [0.717, 1.165) is 12.8 Å². The minimum Gasteiger partial charge on any atom is -0.392 e. The topological polar surface area (TPSA) is 64.1 Å². The summed E-state index contributed by atoms with van der Waals surface area (Å²) in [4.78, 5) is 1.98. The van der Waals surface area contributed by atoms with Crippen molar-refractivity contribution in [1.29, 1.82) is 0 Å². The van der Waals surface area contributed by atoms with Crippen LogP contribution in [0.4, 0.5) is 0 Å². The molecule has 0 bridgehead atoms. The Morgan fingerprint density at radius 1 is 1.25 bits per heavy atom. The highest BCUT2D eigenvalue weighted by Gasteiger charge is 2.42. The molecular formula is C13H27N3O3S. The summed E-state index contributed by atoms with van der Waals surface area (Å²) in [5, 5.41) is 9.84. The van der Waals surface area contributed by atoms with Crippen LogP contribution in [0.1, 0.15) is 26.2 Å². The zero-order chi connectivity index (χ0) is 14.9. The quantitative estimate of drug-likeness (QED) is 0.791. The molecule has 2 fully saturated rings. The molecule has 118 valence electrons. The van der Waals surface area contributed by atoms with Crippen LogP contribution in [-0.2, 0) is 10.2 Å². The molecule has 0 aromatic rings. The van der Waals surface area contributed by atoms with E-state index in [-0.39, 0.29) is 12.6 Å². The number of nitrogens with zero attached hydrogens (tertiary/aromatic N) is 3. The Kier molecular flexibility index (Phi) is 5.07. The normalized spacial score (nSPS) is 31.2. The first kappa shape index (κ1) is 16.2. The number of hydrogen-bond donors (Lipinski definition) is 1. The van der Waals surface area contributed by atoms with Crippen molar-refractivity contribution in [3.8, 4) is 0 Å². The Bertz CT molecular complexity index is 419. The minimum atomic E-state index is -3.43. The number of aliphatic hydroxyl groups is 1. The maximum atomic E-state index is 12.8. The highest BCUT2D eigenvalue weighted by atomic mass is 32.2. The Balaban J connectivity index is 2.10. The first-order valence-electron chi connectivity index (χ1n) is 7.40. The summed E-state index contributed by atoms with van der Waals surface area (Å²) in [5.41, 5.74) is 0. The molecule has 7 heteroatoms. The summed E-state index contributed by atoms with van der Waals surface area (Å²) in [6, 6.07) is -0.121. The zero-order valence-electron chi connectivity index (χ0n) is 12.7. The van der Waals surface area contributed by atoms with E-state index >= 15 is 0 Å². The van der Waals surface area contributed by atoms with Gasteiger partial charge in [-0.25, -0.2) is 0 Å². The highest BCUT2D eigenvalue weighted by molar-refractivity contribution is 7.86. The van der Waals surface area contributed by atoms with E-state index in [1.54, 1.807) is 4.31 Å². The van der Waals surface area contributed by atoms with Crippen LogP contribution in [0.5, 0.6) is 0 Å². The molecular weight excluding hydrogens is 278 g/mol. The van der Waals surface area contributed by atoms with Crippen LogP contribution in [0.15, 0.2) is 0 Å². The van der Waals surface area contributed by atoms with E-state index in [2.05, 4.69) is 6.92 Å². The van der Waals surface area contributed by atoms with Gasteiger partial charge in [-0.2, -0.15) is 17.0 Å². The maximum absolute atomic E-state index is 12.8. The minimum absolute atomic E-state index is 0.121. The van der Waals surface area contributed by atoms with Gasteiger partial charge in [-0.3, -0.25) is 0 Å². The summed E-state index contributed by atoms with van der Waals surface area (Å²) < 4.78 is 28.6. The second kappa shape index (κ2) is 6.27. The van der Waals surface area contributed by atoms with E-state index < -0.39 is 16.3 Å². The van der Waals surface area contributed by atoms with Gasteiger partial charge in [0.1, 0.15) is 0 Å². The average Bonchev–Trinajstić information content (AvgIpc) is 2.70. The Morgan fingerprint density at radius 2 is 1.85 bits per heavy atom. The second-order valence-corrected chi connectivity index (χ2v) is 8.35. The van der Waals surface area contributed by atoms with Gasteiger partial charge in [-0.05, 0) is 39.3 Å². The number of likely N-dealkylation sites (N-methyl/N-ethyl adjacent to an activating group) is 1. The molecule has 0 saturated carbocycles. The smallest absolute Gasteiger partial charge is 0.282 e. The van der Waals surface area contributed by atoms with Crippen LogP contribution >= 0.6 is 0 Å². The van der Waals surface area contributed by atoms with Crippen molar-refractivity contribution in [2.24, 2.45) is 5.92 Å². The summed E-state index contributed by atoms with van der Waals surface area (Å²) in [7, 11) is 0.424. The third-order valence-corrected chi connectivity index (χ3v) is 6.34. The van der Waals surface area contributed by atoms with Crippen molar-refractivity contribution < 1.29 is 13.5 Å². The van der Waals surface area contributed by atoms with Crippen LogP contribution in [0.3, 0.4) is 0 Å². The van der Waals surface area contributed by atoms with Gasteiger partial charge in [0, 0.05) is 32.2 Å². The van der Waals surface area contributed by atoms with Crippen molar-refractivity contribution in [3.05, 3.63) is 0 Å². The monoisotopic (exact) mass is 305 g/mol. The molecule has 0 aromatic carbocycles. The maximum Gasteiger partial charge on any atom is 0.282 e. The molecule has 6 nitrogen and oxygen atoms in total. The lowest BCUT2D eigenvalue weighted by molar-refractivity contribution is 0.186. The van der Waals surface area contributed by atoms with Crippen LogP contribution in [0.2, 0.25) is 0 Å². The molecule has 2 atom stereocenters. The Labute approximate surface area is 122 Å². The summed E-state index contributed by atoms with van der Waals surface area (Å²) in [6.07, 6.45) is 1.84. The molecule has 2 heterocycles. The lowest BCUT2D eigenvalue weighted by atomic mass is 10.0. The molecule has 0 spiro atoms. The predicted octanol–water partition coefficient (Wildman–Crippen LogP) is -0.0401. The van der Waals surface area contributed by atoms with Gasteiger partial charge in [-0.1, -0.05) is 6.92 Å². The fraction of sp³-hybridized carbons (Fsp3) is 1.00. The van der Waals surface area contributed by atoms with E-state index in [1.165, 1.54) is 4.31 Å². The molecule has 2 unspecified atom stereocenters. The van der Waals surface area contributed by atoms with Crippen molar-refractivity contribution in [1.82, 2.24) is 13.5 Å². The molecule has 2 saturated heterocycles. The molecule has 2 aliphatic rings. The predicted molar refractivity (Wildman–Crippen MR) is 78.6 cm³/mol. The van der Waals surface area contributed by atoms with Gasteiger partial charge >= 0.3 is 0 Å². The number of hydrogen-bond acceptors (Lipinski definition) is 4. The lowest BCUT2D eigenvalue weighted by Crippen LogP contribution is -2.50.